The zero-order chi connectivity index (χ0) is 10.5. The van der Waals surface area contributed by atoms with Crippen molar-refractivity contribution in [3.8, 4) is 11.8 Å². The third-order valence-electron chi connectivity index (χ3n) is 2.06. The summed E-state index contributed by atoms with van der Waals surface area (Å²) in [5, 5.41) is 9.61. The van der Waals surface area contributed by atoms with Gasteiger partial charge in [-0.05, 0) is 25.7 Å². The molecule has 0 aromatic carbocycles. The topological polar surface area (TPSA) is 20.2 Å². The average Bonchev–Trinajstić information content (AvgIpc) is 2.00. The van der Waals surface area contributed by atoms with E-state index in [2.05, 4.69) is 32.3 Å². The van der Waals surface area contributed by atoms with Crippen LogP contribution < -0.4 is 0 Å². The van der Waals surface area contributed by atoms with Crippen molar-refractivity contribution in [1.82, 2.24) is 0 Å². The van der Waals surface area contributed by atoms with Gasteiger partial charge in [0.15, 0.2) is 0 Å². The Morgan fingerprint density at radius 3 is 2.46 bits per heavy atom. The molecule has 0 saturated carbocycles. The minimum atomic E-state index is -0.395. The van der Waals surface area contributed by atoms with Crippen LogP contribution in [-0.2, 0) is 0 Å². The average molecular weight is 180 g/mol. The van der Waals surface area contributed by atoms with E-state index in [4.69, 9.17) is 0 Å². The van der Waals surface area contributed by atoms with Crippen molar-refractivity contribution < 1.29 is 5.11 Å². The third-order valence-corrected chi connectivity index (χ3v) is 2.06. The van der Waals surface area contributed by atoms with Crippen LogP contribution in [0.2, 0.25) is 0 Å². The molecule has 0 rings (SSSR count). The minimum Gasteiger partial charge on any atom is -0.389 e. The Hall–Kier alpha value is -0.740. The lowest BCUT2D eigenvalue weighted by atomic mass is 9.82. The molecule has 0 fully saturated rings. The monoisotopic (exact) mass is 180 g/mol. The van der Waals surface area contributed by atoms with E-state index >= 15 is 0 Å². The van der Waals surface area contributed by atoms with E-state index in [1.165, 1.54) is 0 Å². The van der Waals surface area contributed by atoms with Gasteiger partial charge < -0.3 is 5.11 Å². The molecule has 74 valence electrons. The summed E-state index contributed by atoms with van der Waals surface area (Å²) in [6.07, 6.45) is 1.17. The molecule has 1 N–H and O–H groups in total. The highest BCUT2D eigenvalue weighted by Crippen LogP contribution is 2.27. The van der Waals surface area contributed by atoms with Gasteiger partial charge in [0.2, 0.25) is 0 Å². The van der Waals surface area contributed by atoms with E-state index in [0.29, 0.717) is 0 Å². The van der Waals surface area contributed by atoms with Crippen LogP contribution in [0.3, 0.4) is 0 Å². The van der Waals surface area contributed by atoms with Crippen molar-refractivity contribution in [2.75, 3.05) is 0 Å². The molecule has 0 aromatic rings. The van der Waals surface area contributed by atoms with E-state index in [1.54, 1.807) is 0 Å². The van der Waals surface area contributed by atoms with Gasteiger partial charge in [-0.1, -0.05) is 26.0 Å². The molecule has 1 atom stereocenters. The largest absolute Gasteiger partial charge is 0.389 e. The Kier molecular flexibility index (Phi) is 4.80. The predicted octanol–water partition coefficient (Wildman–Crippen LogP) is 2.75. The fourth-order valence-corrected chi connectivity index (χ4v) is 1.10. The highest BCUT2D eigenvalue weighted by Gasteiger charge is 2.21. The van der Waals surface area contributed by atoms with Crippen LogP contribution in [0.25, 0.3) is 0 Å². The Morgan fingerprint density at radius 1 is 1.54 bits per heavy atom. The van der Waals surface area contributed by atoms with Crippen molar-refractivity contribution in [3.05, 3.63) is 12.2 Å². The highest BCUT2D eigenvalue weighted by atomic mass is 16.3. The van der Waals surface area contributed by atoms with Crippen LogP contribution in [0, 0.1) is 17.3 Å². The van der Waals surface area contributed by atoms with Crippen molar-refractivity contribution in [2.24, 2.45) is 5.41 Å². The van der Waals surface area contributed by atoms with E-state index in [0.717, 1.165) is 18.4 Å². The summed E-state index contributed by atoms with van der Waals surface area (Å²) < 4.78 is 0. The van der Waals surface area contributed by atoms with Gasteiger partial charge in [-0.15, -0.1) is 11.8 Å². The Bertz CT molecular complexity index is 227. The van der Waals surface area contributed by atoms with E-state index in [9.17, 15) is 5.11 Å². The van der Waals surface area contributed by atoms with Crippen LogP contribution in [0.1, 0.15) is 40.5 Å². The molecule has 1 heteroatoms. The summed E-state index contributed by atoms with van der Waals surface area (Å²) >= 11 is 0. The summed E-state index contributed by atoms with van der Waals surface area (Å²) in [5.74, 6) is 5.91. The zero-order valence-corrected chi connectivity index (χ0v) is 9.15. The standard InChI is InChI=1S/C12H20O/c1-6-7-8-12(4,5)9-11(13)10(2)3/h11,13H,2,8-9H2,1,3-5H3. The first kappa shape index (κ1) is 12.3. The Morgan fingerprint density at radius 2 is 2.08 bits per heavy atom. The molecule has 0 aromatic heterocycles. The summed E-state index contributed by atoms with van der Waals surface area (Å²) in [6.45, 7) is 11.7. The lowest BCUT2D eigenvalue weighted by molar-refractivity contribution is 0.145. The lowest BCUT2D eigenvalue weighted by Gasteiger charge is -2.25. The second-order valence-electron chi connectivity index (χ2n) is 4.33. The fourth-order valence-electron chi connectivity index (χ4n) is 1.10. The molecule has 0 radical (unpaired) electrons. The third kappa shape index (κ3) is 5.49. The molecule has 1 nitrogen and oxygen atoms in total. The Labute approximate surface area is 81.9 Å². The second kappa shape index (κ2) is 5.09. The Balaban J connectivity index is 4.13. The van der Waals surface area contributed by atoms with Crippen LogP contribution >= 0.6 is 0 Å². The molecule has 1 unspecified atom stereocenters. The molecule has 0 aliphatic heterocycles. The van der Waals surface area contributed by atoms with E-state index in [1.807, 2.05) is 13.8 Å². The van der Waals surface area contributed by atoms with Crippen LogP contribution in [-0.4, -0.2) is 11.2 Å². The molecule has 0 heterocycles. The number of hydrogen-bond acceptors (Lipinski definition) is 1. The number of aliphatic hydroxyl groups is 1. The quantitative estimate of drug-likeness (QED) is 0.521. The maximum absolute atomic E-state index is 9.61. The van der Waals surface area contributed by atoms with Gasteiger partial charge in [-0.25, -0.2) is 0 Å². The van der Waals surface area contributed by atoms with Crippen LogP contribution in [0.4, 0.5) is 0 Å². The van der Waals surface area contributed by atoms with E-state index in [-0.39, 0.29) is 5.41 Å². The van der Waals surface area contributed by atoms with Gasteiger partial charge >= 0.3 is 0 Å². The highest BCUT2D eigenvalue weighted by molar-refractivity contribution is 5.03. The number of rotatable bonds is 4. The molecule has 0 saturated heterocycles. The normalized spacial score (nSPS) is 13.0. The molecular weight excluding hydrogens is 160 g/mol. The summed E-state index contributed by atoms with van der Waals surface area (Å²) in [6, 6.07) is 0. The van der Waals surface area contributed by atoms with Gasteiger partial charge in [0.05, 0.1) is 6.10 Å². The van der Waals surface area contributed by atoms with Crippen molar-refractivity contribution >= 4 is 0 Å². The first-order valence-electron chi connectivity index (χ1n) is 4.62. The number of aliphatic hydroxyl groups excluding tert-OH is 1. The zero-order valence-electron chi connectivity index (χ0n) is 9.15. The number of hydrogen-bond donors (Lipinski definition) is 1. The van der Waals surface area contributed by atoms with E-state index < -0.39 is 6.10 Å². The van der Waals surface area contributed by atoms with Gasteiger partial charge in [0.1, 0.15) is 0 Å². The first-order chi connectivity index (χ1) is 5.89. The lowest BCUT2D eigenvalue weighted by Crippen LogP contribution is -2.20. The predicted molar refractivity (Wildman–Crippen MR) is 57.3 cm³/mol. The maximum Gasteiger partial charge on any atom is 0.0750 e. The van der Waals surface area contributed by atoms with Crippen LogP contribution in [0.5, 0.6) is 0 Å². The van der Waals surface area contributed by atoms with Crippen molar-refractivity contribution in [2.45, 2.75) is 46.6 Å². The molecule has 0 amide bonds. The minimum absolute atomic E-state index is 0.0708. The molecule has 0 spiro atoms. The fraction of sp³-hybridized carbons (Fsp3) is 0.667. The maximum atomic E-state index is 9.61. The molecular formula is C12H20O. The molecule has 13 heavy (non-hydrogen) atoms. The second-order valence-corrected chi connectivity index (χ2v) is 4.33. The molecule has 0 bridgehead atoms. The van der Waals surface area contributed by atoms with Crippen molar-refractivity contribution in [3.63, 3.8) is 0 Å². The first-order valence-corrected chi connectivity index (χ1v) is 4.62. The SMILES string of the molecule is C=C(C)C(O)CC(C)(C)CC#CC. The van der Waals surface area contributed by atoms with Gasteiger partial charge in [-0.3, -0.25) is 0 Å². The van der Waals surface area contributed by atoms with Gasteiger partial charge in [-0.2, -0.15) is 0 Å². The van der Waals surface area contributed by atoms with Crippen LogP contribution in [0.15, 0.2) is 12.2 Å². The molecule has 0 aliphatic rings. The smallest absolute Gasteiger partial charge is 0.0750 e. The van der Waals surface area contributed by atoms with Crippen molar-refractivity contribution in [1.29, 1.82) is 0 Å². The summed E-state index contributed by atoms with van der Waals surface area (Å²) in [4.78, 5) is 0. The van der Waals surface area contributed by atoms with Gasteiger partial charge in [0, 0.05) is 6.42 Å². The summed E-state index contributed by atoms with van der Waals surface area (Å²) in [5.41, 5.74) is 0.902. The summed E-state index contributed by atoms with van der Waals surface area (Å²) in [7, 11) is 0. The molecule has 0 aliphatic carbocycles. The van der Waals surface area contributed by atoms with Gasteiger partial charge in [0.25, 0.3) is 0 Å².